The van der Waals surface area contributed by atoms with Crippen molar-refractivity contribution in [3.8, 4) is 11.4 Å². The molecule has 0 aliphatic heterocycles. The van der Waals surface area contributed by atoms with Crippen LogP contribution < -0.4 is 0 Å². The third kappa shape index (κ3) is 1.83. The standard InChI is InChI=1S/C9H8BrN3S/c1-2-6-5-11-4-3-7(6)8-12-9(10)14-13-8/h3-5H,2H2,1H3. The fourth-order valence-corrected chi connectivity index (χ4v) is 2.05. The fourth-order valence-electron chi connectivity index (χ4n) is 1.24. The second-order valence-corrected chi connectivity index (χ2v) is 4.79. The molecule has 2 heterocycles. The van der Waals surface area contributed by atoms with E-state index >= 15 is 0 Å². The van der Waals surface area contributed by atoms with Gasteiger partial charge in [0.1, 0.15) is 0 Å². The van der Waals surface area contributed by atoms with Crippen LogP contribution in [0.4, 0.5) is 0 Å². The van der Waals surface area contributed by atoms with Crippen LogP contribution in [0.2, 0.25) is 0 Å². The first-order valence-corrected chi connectivity index (χ1v) is 5.80. The second kappa shape index (κ2) is 4.14. The normalized spacial score (nSPS) is 10.4. The molecule has 5 heteroatoms. The fraction of sp³-hybridized carbons (Fsp3) is 0.222. The monoisotopic (exact) mass is 269 g/mol. The minimum Gasteiger partial charge on any atom is -0.264 e. The van der Waals surface area contributed by atoms with Gasteiger partial charge in [0.2, 0.25) is 0 Å². The van der Waals surface area contributed by atoms with Gasteiger partial charge in [0.25, 0.3) is 0 Å². The Morgan fingerprint density at radius 2 is 2.36 bits per heavy atom. The lowest BCUT2D eigenvalue weighted by molar-refractivity contribution is 1.09. The number of rotatable bonds is 2. The van der Waals surface area contributed by atoms with Gasteiger partial charge in [-0.3, -0.25) is 4.98 Å². The number of aryl methyl sites for hydroxylation is 1. The zero-order valence-corrected chi connectivity index (χ0v) is 9.97. The quantitative estimate of drug-likeness (QED) is 0.842. The molecule has 2 rings (SSSR count). The van der Waals surface area contributed by atoms with E-state index in [2.05, 4.69) is 37.2 Å². The van der Waals surface area contributed by atoms with Crippen molar-refractivity contribution in [3.05, 3.63) is 27.9 Å². The molecule has 72 valence electrons. The van der Waals surface area contributed by atoms with Gasteiger partial charge in [0.15, 0.2) is 9.74 Å². The molecule has 0 amide bonds. The first kappa shape index (κ1) is 9.73. The third-order valence-electron chi connectivity index (χ3n) is 1.93. The highest BCUT2D eigenvalue weighted by molar-refractivity contribution is 9.11. The molecule has 0 aliphatic rings. The lowest BCUT2D eigenvalue weighted by atomic mass is 10.1. The Kier molecular flexibility index (Phi) is 2.88. The minimum absolute atomic E-state index is 0.779. The van der Waals surface area contributed by atoms with Crippen LogP contribution in [0.25, 0.3) is 11.4 Å². The summed E-state index contributed by atoms with van der Waals surface area (Å²) in [6.07, 6.45) is 4.58. The summed E-state index contributed by atoms with van der Waals surface area (Å²) in [5.74, 6) is 0.779. The number of pyridine rings is 1. The molecule has 0 N–H and O–H groups in total. The van der Waals surface area contributed by atoms with Crippen LogP contribution in [0.1, 0.15) is 12.5 Å². The SMILES string of the molecule is CCc1cnccc1-c1nsc(Br)n1. The average molecular weight is 270 g/mol. The van der Waals surface area contributed by atoms with E-state index in [0.717, 1.165) is 21.7 Å². The maximum absolute atomic E-state index is 4.29. The number of aromatic nitrogens is 3. The van der Waals surface area contributed by atoms with Crippen LogP contribution in [0.15, 0.2) is 22.4 Å². The predicted molar refractivity (Wildman–Crippen MR) is 60.2 cm³/mol. The summed E-state index contributed by atoms with van der Waals surface area (Å²) < 4.78 is 5.06. The Morgan fingerprint density at radius 1 is 1.50 bits per heavy atom. The third-order valence-corrected chi connectivity index (χ3v) is 3.04. The predicted octanol–water partition coefficient (Wildman–Crippen LogP) is 2.93. The zero-order valence-electron chi connectivity index (χ0n) is 7.57. The Labute approximate surface area is 94.5 Å². The van der Waals surface area contributed by atoms with E-state index in [4.69, 9.17) is 0 Å². The molecule has 14 heavy (non-hydrogen) atoms. The van der Waals surface area contributed by atoms with Gasteiger partial charge in [-0.15, -0.1) is 0 Å². The van der Waals surface area contributed by atoms with Gasteiger partial charge in [-0.05, 0) is 45.5 Å². The molecule has 0 radical (unpaired) electrons. The molecule has 0 aromatic carbocycles. The summed E-state index contributed by atoms with van der Waals surface area (Å²) in [7, 11) is 0. The van der Waals surface area contributed by atoms with Crippen LogP contribution >= 0.6 is 27.5 Å². The Balaban J connectivity index is 2.50. The summed E-state index contributed by atoms with van der Waals surface area (Å²) in [4.78, 5) is 8.37. The molecular weight excluding hydrogens is 262 g/mol. The molecule has 2 aromatic rings. The Morgan fingerprint density at radius 3 is 3.00 bits per heavy atom. The number of nitrogens with zero attached hydrogens (tertiary/aromatic N) is 3. The van der Waals surface area contributed by atoms with Gasteiger partial charge >= 0.3 is 0 Å². The van der Waals surface area contributed by atoms with Crippen LogP contribution in [-0.2, 0) is 6.42 Å². The molecule has 0 bridgehead atoms. The summed E-state index contributed by atoms with van der Waals surface area (Å²) >= 11 is 4.66. The number of hydrogen-bond donors (Lipinski definition) is 0. The lowest BCUT2D eigenvalue weighted by Crippen LogP contribution is -1.90. The first-order valence-electron chi connectivity index (χ1n) is 4.23. The Bertz CT molecular complexity index is 441. The van der Waals surface area contributed by atoms with E-state index in [1.54, 1.807) is 6.20 Å². The van der Waals surface area contributed by atoms with Crippen molar-refractivity contribution in [1.29, 1.82) is 0 Å². The van der Waals surface area contributed by atoms with Crippen molar-refractivity contribution >= 4 is 27.5 Å². The first-order chi connectivity index (χ1) is 6.81. The van der Waals surface area contributed by atoms with E-state index in [-0.39, 0.29) is 0 Å². The summed E-state index contributed by atoms with van der Waals surface area (Å²) in [6.45, 7) is 2.10. The molecule has 0 fully saturated rings. The summed E-state index contributed by atoms with van der Waals surface area (Å²) in [5, 5.41) is 0. The van der Waals surface area contributed by atoms with E-state index in [1.165, 1.54) is 17.1 Å². The van der Waals surface area contributed by atoms with Gasteiger partial charge in [0, 0.05) is 18.0 Å². The van der Waals surface area contributed by atoms with E-state index < -0.39 is 0 Å². The van der Waals surface area contributed by atoms with Crippen LogP contribution in [-0.4, -0.2) is 14.3 Å². The molecule has 0 saturated heterocycles. The summed E-state index contributed by atoms with van der Waals surface area (Å²) in [5.41, 5.74) is 2.25. The zero-order chi connectivity index (χ0) is 9.97. The van der Waals surface area contributed by atoms with Gasteiger partial charge in [-0.2, -0.15) is 4.37 Å². The largest absolute Gasteiger partial charge is 0.264 e. The van der Waals surface area contributed by atoms with Gasteiger partial charge in [0.05, 0.1) is 0 Å². The van der Waals surface area contributed by atoms with Crippen molar-refractivity contribution in [1.82, 2.24) is 14.3 Å². The van der Waals surface area contributed by atoms with Crippen molar-refractivity contribution in [2.75, 3.05) is 0 Å². The molecule has 0 saturated carbocycles. The van der Waals surface area contributed by atoms with Crippen LogP contribution in [0.3, 0.4) is 0 Å². The van der Waals surface area contributed by atoms with Gasteiger partial charge in [-0.1, -0.05) is 6.92 Å². The highest BCUT2D eigenvalue weighted by Gasteiger charge is 2.08. The molecule has 0 aliphatic carbocycles. The topological polar surface area (TPSA) is 38.7 Å². The smallest absolute Gasteiger partial charge is 0.179 e. The van der Waals surface area contributed by atoms with E-state index in [9.17, 15) is 0 Å². The van der Waals surface area contributed by atoms with Crippen molar-refractivity contribution in [2.45, 2.75) is 13.3 Å². The van der Waals surface area contributed by atoms with E-state index in [0.29, 0.717) is 0 Å². The molecule has 0 spiro atoms. The maximum atomic E-state index is 4.29. The van der Waals surface area contributed by atoms with Crippen molar-refractivity contribution in [2.24, 2.45) is 0 Å². The van der Waals surface area contributed by atoms with Crippen molar-refractivity contribution < 1.29 is 0 Å². The van der Waals surface area contributed by atoms with Crippen molar-refractivity contribution in [3.63, 3.8) is 0 Å². The molecule has 2 aromatic heterocycles. The summed E-state index contributed by atoms with van der Waals surface area (Å²) in [6, 6.07) is 1.95. The maximum Gasteiger partial charge on any atom is 0.179 e. The number of hydrogen-bond acceptors (Lipinski definition) is 4. The molecule has 0 unspecified atom stereocenters. The van der Waals surface area contributed by atoms with Crippen LogP contribution in [0.5, 0.6) is 0 Å². The van der Waals surface area contributed by atoms with Crippen LogP contribution in [0, 0.1) is 0 Å². The second-order valence-electron chi connectivity index (χ2n) is 2.76. The van der Waals surface area contributed by atoms with Gasteiger partial charge in [-0.25, -0.2) is 4.98 Å². The molecule has 0 atom stereocenters. The van der Waals surface area contributed by atoms with E-state index in [1.807, 2.05) is 12.3 Å². The lowest BCUT2D eigenvalue weighted by Gasteiger charge is -2.01. The minimum atomic E-state index is 0.779. The van der Waals surface area contributed by atoms with Gasteiger partial charge < -0.3 is 0 Å². The molecular formula is C9H8BrN3S. The molecule has 3 nitrogen and oxygen atoms in total. The Hall–Kier alpha value is -0.810. The average Bonchev–Trinajstić information content (AvgIpc) is 2.65. The highest BCUT2D eigenvalue weighted by atomic mass is 79.9. The highest BCUT2D eigenvalue weighted by Crippen LogP contribution is 2.23. The number of halogens is 1.